The number of nitrogens with one attached hydrogen (secondary N) is 2. The van der Waals surface area contributed by atoms with E-state index in [1.807, 2.05) is 43.3 Å². The highest BCUT2D eigenvalue weighted by Gasteiger charge is 2.21. The zero-order chi connectivity index (χ0) is 16.9. The van der Waals surface area contributed by atoms with E-state index in [1.165, 1.54) is 11.8 Å². The number of thioether (sulfide) groups is 1. The Kier molecular flexibility index (Phi) is 7.29. The number of carbonyl (C=O) groups is 1. The molecule has 25 heavy (non-hydrogen) atoms. The van der Waals surface area contributed by atoms with E-state index < -0.39 is 0 Å². The van der Waals surface area contributed by atoms with Crippen molar-refractivity contribution in [3.05, 3.63) is 59.4 Å². The number of hydrogen-bond donors (Lipinski definition) is 2. The third kappa shape index (κ3) is 4.75. The smallest absolute Gasteiger partial charge is 0.237 e. The van der Waals surface area contributed by atoms with Gasteiger partial charge in [0, 0.05) is 11.4 Å². The fourth-order valence-electron chi connectivity index (χ4n) is 2.83. The number of amides is 1. The highest BCUT2D eigenvalue weighted by atomic mass is 35.5. The average molecular weight is 381 g/mol. The Hall–Kier alpha value is -1.56. The van der Waals surface area contributed by atoms with Gasteiger partial charge in [0.2, 0.25) is 5.91 Å². The Morgan fingerprint density at radius 3 is 2.76 bits per heavy atom. The molecule has 134 valence electrons. The molecule has 0 aromatic heterocycles. The monoisotopic (exact) mass is 380 g/mol. The summed E-state index contributed by atoms with van der Waals surface area (Å²) in [6.45, 7) is 3.42. The molecule has 0 saturated heterocycles. The SMILES string of the molecule is CCC(Sc1ccccc1)C(=O)Nc1ccc2c(c1F)CCNC2.Cl. The van der Waals surface area contributed by atoms with Crippen molar-refractivity contribution in [2.45, 2.75) is 36.5 Å². The largest absolute Gasteiger partial charge is 0.323 e. The molecule has 1 amide bonds. The van der Waals surface area contributed by atoms with Gasteiger partial charge < -0.3 is 10.6 Å². The number of fused-ring (bicyclic) bond motifs is 1. The quantitative estimate of drug-likeness (QED) is 0.755. The topological polar surface area (TPSA) is 41.1 Å². The van der Waals surface area contributed by atoms with Crippen LogP contribution < -0.4 is 10.6 Å². The molecule has 0 bridgehead atoms. The van der Waals surface area contributed by atoms with Crippen LogP contribution in [0.2, 0.25) is 0 Å². The molecule has 0 spiro atoms. The second kappa shape index (κ2) is 9.22. The van der Waals surface area contributed by atoms with E-state index in [4.69, 9.17) is 0 Å². The van der Waals surface area contributed by atoms with Crippen molar-refractivity contribution >= 4 is 35.8 Å². The number of rotatable bonds is 5. The van der Waals surface area contributed by atoms with Crippen molar-refractivity contribution < 1.29 is 9.18 Å². The molecule has 3 rings (SSSR count). The first-order valence-corrected chi connectivity index (χ1v) is 9.10. The van der Waals surface area contributed by atoms with Gasteiger partial charge in [-0.2, -0.15) is 0 Å². The van der Waals surface area contributed by atoms with Crippen LogP contribution in [0.15, 0.2) is 47.4 Å². The summed E-state index contributed by atoms with van der Waals surface area (Å²) in [4.78, 5) is 13.6. The lowest BCUT2D eigenvalue weighted by atomic mass is 9.99. The van der Waals surface area contributed by atoms with Gasteiger partial charge in [0.15, 0.2) is 0 Å². The highest BCUT2D eigenvalue weighted by molar-refractivity contribution is 8.00. The first-order chi connectivity index (χ1) is 11.7. The summed E-state index contributed by atoms with van der Waals surface area (Å²) < 4.78 is 14.7. The molecule has 2 aromatic carbocycles. The fourth-order valence-corrected chi connectivity index (χ4v) is 3.80. The molecule has 2 N–H and O–H groups in total. The minimum absolute atomic E-state index is 0. The molecule has 0 fully saturated rings. The number of carbonyl (C=O) groups excluding carboxylic acids is 1. The molecule has 0 aliphatic carbocycles. The van der Waals surface area contributed by atoms with Gasteiger partial charge in [-0.25, -0.2) is 4.39 Å². The fraction of sp³-hybridized carbons (Fsp3) is 0.316. The summed E-state index contributed by atoms with van der Waals surface area (Å²) in [5, 5.41) is 5.76. The molecule has 1 heterocycles. The molecule has 1 aliphatic heterocycles. The normalized spacial score (nSPS) is 14.2. The maximum atomic E-state index is 14.7. The summed E-state index contributed by atoms with van der Waals surface area (Å²) in [6, 6.07) is 13.4. The van der Waals surface area contributed by atoms with E-state index >= 15 is 0 Å². The van der Waals surface area contributed by atoms with Gasteiger partial charge in [0.05, 0.1) is 10.9 Å². The molecule has 1 aliphatic rings. The zero-order valence-corrected chi connectivity index (χ0v) is 15.7. The second-order valence-corrected chi connectivity index (χ2v) is 7.08. The van der Waals surface area contributed by atoms with Crippen molar-refractivity contribution in [3.63, 3.8) is 0 Å². The summed E-state index contributed by atoms with van der Waals surface area (Å²) in [7, 11) is 0. The van der Waals surface area contributed by atoms with Crippen molar-refractivity contribution in [1.29, 1.82) is 0 Å². The third-order valence-electron chi connectivity index (χ3n) is 4.15. The van der Waals surface area contributed by atoms with Crippen LogP contribution >= 0.6 is 24.2 Å². The van der Waals surface area contributed by atoms with Crippen molar-refractivity contribution in [2.24, 2.45) is 0 Å². The van der Waals surface area contributed by atoms with Gasteiger partial charge in [-0.05, 0) is 48.7 Å². The Morgan fingerprint density at radius 2 is 2.04 bits per heavy atom. The summed E-state index contributed by atoms with van der Waals surface area (Å²) in [6.07, 6.45) is 1.34. The summed E-state index contributed by atoms with van der Waals surface area (Å²) in [5.74, 6) is -0.443. The van der Waals surface area contributed by atoms with Crippen LogP contribution in [0.25, 0.3) is 0 Å². The molecule has 0 saturated carbocycles. The van der Waals surface area contributed by atoms with Gasteiger partial charge in [0.25, 0.3) is 0 Å². The molecule has 2 aromatic rings. The summed E-state index contributed by atoms with van der Waals surface area (Å²) in [5.41, 5.74) is 1.98. The Bertz CT molecular complexity index is 727. The van der Waals surface area contributed by atoms with E-state index in [0.29, 0.717) is 19.4 Å². The lowest BCUT2D eigenvalue weighted by Crippen LogP contribution is -2.27. The van der Waals surface area contributed by atoms with E-state index in [0.717, 1.165) is 22.6 Å². The second-order valence-electron chi connectivity index (χ2n) is 5.81. The van der Waals surface area contributed by atoms with E-state index in [-0.39, 0.29) is 35.1 Å². The predicted octanol–water partition coefficient (Wildman–Crippen LogP) is 4.40. The van der Waals surface area contributed by atoms with Crippen LogP contribution in [-0.4, -0.2) is 17.7 Å². The zero-order valence-electron chi connectivity index (χ0n) is 14.0. The first-order valence-electron chi connectivity index (χ1n) is 8.22. The first kappa shape index (κ1) is 19.8. The molecule has 6 heteroatoms. The van der Waals surface area contributed by atoms with E-state index in [2.05, 4.69) is 10.6 Å². The minimum Gasteiger partial charge on any atom is -0.323 e. The van der Waals surface area contributed by atoms with Gasteiger partial charge in [-0.1, -0.05) is 31.2 Å². The van der Waals surface area contributed by atoms with Gasteiger partial charge in [-0.15, -0.1) is 24.2 Å². The van der Waals surface area contributed by atoms with Crippen LogP contribution in [-0.2, 0) is 17.8 Å². The van der Waals surface area contributed by atoms with Crippen molar-refractivity contribution in [1.82, 2.24) is 5.32 Å². The van der Waals surface area contributed by atoms with Crippen molar-refractivity contribution in [2.75, 3.05) is 11.9 Å². The lowest BCUT2D eigenvalue weighted by Gasteiger charge is -2.20. The Balaban J connectivity index is 0.00000225. The average Bonchev–Trinajstić information content (AvgIpc) is 2.63. The van der Waals surface area contributed by atoms with Crippen molar-refractivity contribution in [3.8, 4) is 0 Å². The molecular weight excluding hydrogens is 359 g/mol. The maximum Gasteiger partial charge on any atom is 0.237 e. The van der Waals surface area contributed by atoms with Gasteiger partial charge in [0.1, 0.15) is 5.82 Å². The number of hydrogen-bond acceptors (Lipinski definition) is 3. The predicted molar refractivity (Wildman–Crippen MR) is 104 cm³/mol. The number of benzene rings is 2. The van der Waals surface area contributed by atoms with E-state index in [9.17, 15) is 9.18 Å². The lowest BCUT2D eigenvalue weighted by molar-refractivity contribution is -0.115. The van der Waals surface area contributed by atoms with Crippen LogP contribution in [0.1, 0.15) is 24.5 Å². The molecule has 1 atom stereocenters. The molecule has 1 unspecified atom stereocenters. The molecule has 0 radical (unpaired) electrons. The van der Waals surface area contributed by atoms with E-state index in [1.54, 1.807) is 6.07 Å². The number of halogens is 2. The number of anilines is 1. The maximum absolute atomic E-state index is 14.7. The Morgan fingerprint density at radius 1 is 1.28 bits per heavy atom. The molecule has 3 nitrogen and oxygen atoms in total. The van der Waals surface area contributed by atoms with Crippen LogP contribution in [0.3, 0.4) is 0 Å². The standard InChI is InChI=1S/C19H21FN2OS.ClH/c1-2-17(24-14-6-4-3-5-7-14)19(23)22-16-9-8-13-12-21-11-10-15(13)18(16)20;/h3-9,17,21H,2,10-12H2,1H3,(H,22,23);1H. The Labute approximate surface area is 158 Å². The summed E-state index contributed by atoms with van der Waals surface area (Å²) >= 11 is 1.51. The van der Waals surface area contributed by atoms with Gasteiger partial charge in [-0.3, -0.25) is 4.79 Å². The van der Waals surface area contributed by atoms with Crippen LogP contribution in [0.5, 0.6) is 0 Å². The third-order valence-corrected chi connectivity index (χ3v) is 5.53. The minimum atomic E-state index is -0.290. The van der Waals surface area contributed by atoms with Crippen LogP contribution in [0.4, 0.5) is 10.1 Å². The molecular formula is C19H22ClFN2OS. The van der Waals surface area contributed by atoms with Crippen LogP contribution in [0, 0.1) is 5.82 Å². The highest BCUT2D eigenvalue weighted by Crippen LogP contribution is 2.28. The van der Waals surface area contributed by atoms with Gasteiger partial charge >= 0.3 is 0 Å².